The number of rotatable bonds is 3. The Labute approximate surface area is 161 Å². The first-order valence-corrected chi connectivity index (χ1v) is 9.32. The molecule has 0 unspecified atom stereocenters. The smallest absolute Gasteiger partial charge is 0.0708 e. The Morgan fingerprint density at radius 2 is 1.15 bits per heavy atom. The summed E-state index contributed by atoms with van der Waals surface area (Å²) in [5.41, 5.74) is 11.0. The molecular weight excluding hydrogens is 326 g/mol. The van der Waals surface area contributed by atoms with Crippen molar-refractivity contribution < 1.29 is 0 Å². The molecule has 132 valence electrons. The monoisotopic (exact) mass is 349 g/mol. The maximum atomic E-state index is 4.60. The van der Waals surface area contributed by atoms with Crippen molar-refractivity contribution in [3.63, 3.8) is 0 Å². The molecule has 27 heavy (non-hydrogen) atoms. The lowest BCUT2D eigenvalue weighted by Gasteiger charge is -2.16. The highest BCUT2D eigenvalue weighted by Crippen LogP contribution is 2.39. The fraction of sp³-hybridized carbons (Fsp3) is 0.115. The van der Waals surface area contributed by atoms with Crippen molar-refractivity contribution >= 4 is 0 Å². The molecule has 0 saturated carbocycles. The third-order valence-corrected chi connectivity index (χ3v) is 5.01. The van der Waals surface area contributed by atoms with Gasteiger partial charge in [-0.2, -0.15) is 0 Å². The van der Waals surface area contributed by atoms with Crippen LogP contribution in [0.5, 0.6) is 0 Å². The highest BCUT2D eigenvalue weighted by Gasteiger charge is 2.14. The highest BCUT2D eigenvalue weighted by atomic mass is 14.7. The molecule has 0 bridgehead atoms. The van der Waals surface area contributed by atoms with Crippen molar-refractivity contribution in [1.29, 1.82) is 0 Å². The van der Waals surface area contributed by atoms with Gasteiger partial charge < -0.3 is 0 Å². The first kappa shape index (κ1) is 17.2. The van der Waals surface area contributed by atoms with Crippen LogP contribution in [0.1, 0.15) is 16.7 Å². The Bertz CT molecular complexity index is 1090. The van der Waals surface area contributed by atoms with E-state index in [0.717, 1.165) is 5.69 Å². The molecule has 0 spiro atoms. The van der Waals surface area contributed by atoms with Gasteiger partial charge in [0.05, 0.1) is 5.69 Å². The molecule has 0 radical (unpaired) electrons. The topological polar surface area (TPSA) is 12.9 Å². The predicted octanol–water partition coefficient (Wildman–Crippen LogP) is 7.01. The van der Waals surface area contributed by atoms with Crippen LogP contribution in [0.2, 0.25) is 0 Å². The van der Waals surface area contributed by atoms with Crippen LogP contribution in [0.25, 0.3) is 33.5 Å². The van der Waals surface area contributed by atoms with Crippen LogP contribution in [0, 0.1) is 20.8 Å². The molecule has 1 heteroatoms. The summed E-state index contributed by atoms with van der Waals surface area (Å²) >= 11 is 0. The van der Waals surface area contributed by atoms with Crippen molar-refractivity contribution in [2.75, 3.05) is 0 Å². The second kappa shape index (κ2) is 7.20. The van der Waals surface area contributed by atoms with E-state index in [2.05, 4.69) is 92.5 Å². The molecule has 1 aromatic heterocycles. The maximum Gasteiger partial charge on any atom is 0.0708 e. The Hall–Kier alpha value is -3.19. The van der Waals surface area contributed by atoms with Crippen molar-refractivity contribution in [3.05, 3.63) is 102 Å². The van der Waals surface area contributed by atoms with Crippen LogP contribution in [0.4, 0.5) is 0 Å². The first-order chi connectivity index (χ1) is 13.1. The van der Waals surface area contributed by atoms with Crippen molar-refractivity contribution in [1.82, 2.24) is 4.98 Å². The van der Waals surface area contributed by atoms with Gasteiger partial charge in [-0.05, 0) is 60.7 Å². The van der Waals surface area contributed by atoms with E-state index in [-0.39, 0.29) is 0 Å². The summed E-state index contributed by atoms with van der Waals surface area (Å²) in [7, 11) is 0. The molecule has 0 aliphatic rings. The summed E-state index contributed by atoms with van der Waals surface area (Å²) in [5, 5.41) is 0. The molecule has 0 fully saturated rings. The van der Waals surface area contributed by atoms with Crippen LogP contribution in [0.3, 0.4) is 0 Å². The van der Waals surface area contributed by atoms with Crippen LogP contribution < -0.4 is 0 Å². The Balaban J connectivity index is 1.97. The number of hydrogen-bond donors (Lipinski definition) is 0. The normalized spacial score (nSPS) is 10.8. The minimum Gasteiger partial charge on any atom is -0.256 e. The standard InChI is InChI=1S/C26H23N/c1-18-11-13-21(20(3)16-18)22-8-4-5-9-23(22)25-17-19(2)12-14-24(25)26-10-6-7-15-27-26/h4-17H,1-3H3. The summed E-state index contributed by atoms with van der Waals surface area (Å²) < 4.78 is 0. The summed E-state index contributed by atoms with van der Waals surface area (Å²) in [6, 6.07) is 28.0. The number of aryl methyl sites for hydroxylation is 3. The molecule has 4 rings (SSSR count). The largest absolute Gasteiger partial charge is 0.256 e. The lowest BCUT2D eigenvalue weighted by molar-refractivity contribution is 1.32. The van der Waals surface area contributed by atoms with Gasteiger partial charge in [0.2, 0.25) is 0 Å². The predicted molar refractivity (Wildman–Crippen MR) is 115 cm³/mol. The number of benzene rings is 3. The summed E-state index contributed by atoms with van der Waals surface area (Å²) in [6.07, 6.45) is 1.86. The summed E-state index contributed by atoms with van der Waals surface area (Å²) in [4.78, 5) is 4.60. The van der Waals surface area contributed by atoms with E-state index >= 15 is 0 Å². The van der Waals surface area contributed by atoms with Gasteiger partial charge in [-0.3, -0.25) is 4.98 Å². The average molecular weight is 349 g/mol. The van der Waals surface area contributed by atoms with Gasteiger partial charge in [-0.1, -0.05) is 77.9 Å². The fourth-order valence-electron chi connectivity index (χ4n) is 3.70. The zero-order valence-corrected chi connectivity index (χ0v) is 16.0. The van der Waals surface area contributed by atoms with Gasteiger partial charge >= 0.3 is 0 Å². The van der Waals surface area contributed by atoms with Crippen LogP contribution in [0.15, 0.2) is 85.1 Å². The second-order valence-corrected chi connectivity index (χ2v) is 7.13. The molecule has 0 saturated heterocycles. The number of pyridine rings is 1. The zero-order valence-electron chi connectivity index (χ0n) is 16.0. The van der Waals surface area contributed by atoms with Gasteiger partial charge in [0.15, 0.2) is 0 Å². The van der Waals surface area contributed by atoms with Gasteiger partial charge in [-0.15, -0.1) is 0 Å². The number of hydrogen-bond acceptors (Lipinski definition) is 1. The molecule has 1 heterocycles. The van der Waals surface area contributed by atoms with Gasteiger partial charge in [0, 0.05) is 11.8 Å². The van der Waals surface area contributed by atoms with Gasteiger partial charge in [-0.25, -0.2) is 0 Å². The zero-order chi connectivity index (χ0) is 18.8. The SMILES string of the molecule is Cc1ccc(-c2ccccc2-c2cc(C)ccc2-c2ccccn2)c(C)c1. The van der Waals surface area contributed by atoms with Crippen molar-refractivity contribution in [2.24, 2.45) is 0 Å². The van der Waals surface area contributed by atoms with E-state index < -0.39 is 0 Å². The Morgan fingerprint density at radius 1 is 0.519 bits per heavy atom. The fourth-order valence-corrected chi connectivity index (χ4v) is 3.70. The van der Waals surface area contributed by atoms with E-state index in [9.17, 15) is 0 Å². The van der Waals surface area contributed by atoms with Gasteiger partial charge in [0.25, 0.3) is 0 Å². The third-order valence-electron chi connectivity index (χ3n) is 5.01. The molecule has 1 nitrogen and oxygen atoms in total. The van der Waals surface area contributed by atoms with Crippen LogP contribution in [-0.4, -0.2) is 4.98 Å². The van der Waals surface area contributed by atoms with Gasteiger partial charge in [0.1, 0.15) is 0 Å². The Kier molecular flexibility index (Phi) is 4.60. The average Bonchev–Trinajstić information content (AvgIpc) is 2.69. The molecule has 3 aromatic carbocycles. The highest BCUT2D eigenvalue weighted by molar-refractivity contribution is 5.91. The van der Waals surface area contributed by atoms with Crippen LogP contribution in [-0.2, 0) is 0 Å². The number of aromatic nitrogens is 1. The van der Waals surface area contributed by atoms with E-state index in [0.29, 0.717) is 0 Å². The van der Waals surface area contributed by atoms with E-state index in [1.165, 1.54) is 44.5 Å². The molecule has 4 aromatic rings. The lowest BCUT2D eigenvalue weighted by atomic mass is 9.88. The molecule has 0 aliphatic carbocycles. The molecule has 0 amide bonds. The lowest BCUT2D eigenvalue weighted by Crippen LogP contribution is -1.93. The molecular formula is C26H23N. The molecule has 0 atom stereocenters. The first-order valence-electron chi connectivity index (χ1n) is 9.32. The van der Waals surface area contributed by atoms with E-state index in [1.54, 1.807) is 0 Å². The third kappa shape index (κ3) is 3.41. The second-order valence-electron chi connectivity index (χ2n) is 7.13. The quantitative estimate of drug-likeness (QED) is 0.388. The molecule has 0 aliphatic heterocycles. The van der Waals surface area contributed by atoms with Crippen LogP contribution >= 0.6 is 0 Å². The Morgan fingerprint density at radius 3 is 1.81 bits per heavy atom. The minimum absolute atomic E-state index is 1.00. The summed E-state index contributed by atoms with van der Waals surface area (Å²) in [5.74, 6) is 0. The van der Waals surface area contributed by atoms with Crippen molar-refractivity contribution in [2.45, 2.75) is 20.8 Å². The summed E-state index contributed by atoms with van der Waals surface area (Å²) in [6.45, 7) is 6.48. The minimum atomic E-state index is 1.00. The molecule has 0 N–H and O–H groups in total. The van der Waals surface area contributed by atoms with Crippen molar-refractivity contribution in [3.8, 4) is 33.5 Å². The number of nitrogens with zero attached hydrogens (tertiary/aromatic N) is 1. The van der Waals surface area contributed by atoms with E-state index in [4.69, 9.17) is 0 Å². The maximum absolute atomic E-state index is 4.60. The van der Waals surface area contributed by atoms with E-state index in [1.807, 2.05) is 18.3 Å².